The number of nitrogens with zero attached hydrogens (tertiary/aromatic N) is 1. The first-order valence-corrected chi connectivity index (χ1v) is 4.83. The predicted octanol–water partition coefficient (Wildman–Crippen LogP) is 2.47. The second-order valence-corrected chi connectivity index (χ2v) is 3.27. The molecule has 7 heteroatoms. The molecule has 0 fully saturated rings. The smallest absolute Gasteiger partial charge is 0.422 e. The molecule has 17 heavy (non-hydrogen) atoms. The molecule has 1 aromatic heterocycles. The highest BCUT2D eigenvalue weighted by Gasteiger charge is 2.29. The van der Waals surface area contributed by atoms with Gasteiger partial charge in [0.05, 0.1) is 0 Å². The van der Waals surface area contributed by atoms with E-state index in [1.54, 1.807) is 6.07 Å². The summed E-state index contributed by atoms with van der Waals surface area (Å²) in [5, 5.41) is 0. The number of rotatable bonds is 4. The number of hydrogen-bond donors (Lipinski definition) is 1. The van der Waals surface area contributed by atoms with Crippen LogP contribution >= 0.6 is 12.4 Å². The highest BCUT2D eigenvalue weighted by Crippen LogP contribution is 2.21. The van der Waals surface area contributed by atoms with E-state index in [4.69, 9.17) is 5.73 Å². The zero-order valence-electron chi connectivity index (χ0n) is 9.25. The van der Waals surface area contributed by atoms with Gasteiger partial charge in [0.2, 0.25) is 5.88 Å². The van der Waals surface area contributed by atoms with Crippen molar-refractivity contribution in [3.05, 3.63) is 23.4 Å². The molecule has 0 aliphatic rings. The van der Waals surface area contributed by atoms with Crippen LogP contribution in [0, 0.1) is 0 Å². The summed E-state index contributed by atoms with van der Waals surface area (Å²) in [6.45, 7) is 0.798. The number of pyridine rings is 1. The molecule has 1 rings (SSSR count). The maximum Gasteiger partial charge on any atom is 0.422 e. The van der Waals surface area contributed by atoms with Crippen molar-refractivity contribution in [2.45, 2.75) is 26.1 Å². The lowest BCUT2D eigenvalue weighted by molar-refractivity contribution is -0.154. The molecular formula is C10H14ClF3N2O. The molecule has 2 N–H and O–H groups in total. The third-order valence-electron chi connectivity index (χ3n) is 1.97. The lowest BCUT2D eigenvalue weighted by Gasteiger charge is -2.11. The molecule has 0 saturated heterocycles. The fourth-order valence-electron chi connectivity index (χ4n) is 1.19. The summed E-state index contributed by atoms with van der Waals surface area (Å²) in [7, 11) is 0. The van der Waals surface area contributed by atoms with Crippen molar-refractivity contribution < 1.29 is 17.9 Å². The van der Waals surface area contributed by atoms with Crippen LogP contribution in [0.25, 0.3) is 0 Å². The number of ether oxygens (including phenoxy) is 1. The van der Waals surface area contributed by atoms with E-state index in [1.165, 1.54) is 6.20 Å². The van der Waals surface area contributed by atoms with E-state index in [-0.39, 0.29) is 18.3 Å². The first kappa shape index (κ1) is 16.0. The summed E-state index contributed by atoms with van der Waals surface area (Å²) < 4.78 is 40.5. The Kier molecular flexibility index (Phi) is 6.26. The highest BCUT2D eigenvalue weighted by molar-refractivity contribution is 5.85. The van der Waals surface area contributed by atoms with Gasteiger partial charge in [0.15, 0.2) is 6.61 Å². The molecule has 0 radical (unpaired) electrons. The number of hydrogen-bond acceptors (Lipinski definition) is 3. The average molecular weight is 271 g/mol. The lowest BCUT2D eigenvalue weighted by atomic mass is 10.1. The average Bonchev–Trinajstić information content (AvgIpc) is 2.25. The van der Waals surface area contributed by atoms with Crippen molar-refractivity contribution >= 4 is 12.4 Å². The van der Waals surface area contributed by atoms with Crippen molar-refractivity contribution in [3.8, 4) is 5.88 Å². The largest absolute Gasteiger partial charge is 0.468 e. The minimum atomic E-state index is -4.35. The molecule has 0 aliphatic carbocycles. The first-order valence-electron chi connectivity index (χ1n) is 4.83. The van der Waals surface area contributed by atoms with Gasteiger partial charge in [-0.25, -0.2) is 4.98 Å². The van der Waals surface area contributed by atoms with Gasteiger partial charge >= 0.3 is 6.18 Å². The van der Waals surface area contributed by atoms with Crippen molar-refractivity contribution in [2.24, 2.45) is 5.73 Å². The highest BCUT2D eigenvalue weighted by atomic mass is 35.5. The zero-order chi connectivity index (χ0) is 12.2. The molecule has 1 heterocycles. The zero-order valence-corrected chi connectivity index (χ0v) is 10.1. The maximum absolute atomic E-state index is 11.9. The van der Waals surface area contributed by atoms with Gasteiger partial charge in [-0.1, -0.05) is 6.92 Å². The van der Waals surface area contributed by atoms with E-state index in [2.05, 4.69) is 9.72 Å². The monoisotopic (exact) mass is 270 g/mol. The molecule has 0 aliphatic heterocycles. The Bertz CT molecular complexity index is 358. The third-order valence-corrected chi connectivity index (χ3v) is 1.97. The Hall–Kier alpha value is -1.01. The van der Waals surface area contributed by atoms with Gasteiger partial charge in [0, 0.05) is 18.3 Å². The SMILES string of the molecule is CCc1cc(CN)cnc1OCC(F)(F)F.Cl. The lowest BCUT2D eigenvalue weighted by Crippen LogP contribution is -2.20. The van der Waals surface area contributed by atoms with E-state index < -0.39 is 12.8 Å². The van der Waals surface area contributed by atoms with E-state index in [0.29, 0.717) is 18.5 Å². The van der Waals surface area contributed by atoms with Crippen LogP contribution in [0.4, 0.5) is 13.2 Å². The summed E-state index contributed by atoms with van der Waals surface area (Å²) in [6.07, 6.45) is -2.38. The second kappa shape index (κ2) is 6.66. The van der Waals surface area contributed by atoms with Crippen molar-refractivity contribution in [1.82, 2.24) is 4.98 Å². The van der Waals surface area contributed by atoms with E-state index in [0.717, 1.165) is 5.56 Å². The van der Waals surface area contributed by atoms with Crippen LogP contribution in [0.15, 0.2) is 12.3 Å². The van der Waals surface area contributed by atoms with Crippen LogP contribution in [0.1, 0.15) is 18.1 Å². The van der Waals surface area contributed by atoms with Gasteiger partial charge in [-0.3, -0.25) is 0 Å². The first-order chi connectivity index (χ1) is 7.46. The summed E-state index contributed by atoms with van der Waals surface area (Å²) >= 11 is 0. The molecular weight excluding hydrogens is 257 g/mol. The van der Waals surface area contributed by atoms with Crippen LogP contribution in [0.5, 0.6) is 5.88 Å². The summed E-state index contributed by atoms with van der Waals surface area (Å²) in [4.78, 5) is 3.82. The fraction of sp³-hybridized carbons (Fsp3) is 0.500. The molecule has 0 atom stereocenters. The van der Waals surface area contributed by atoms with Crippen LogP contribution in [-0.4, -0.2) is 17.8 Å². The molecule has 0 amide bonds. The summed E-state index contributed by atoms with van der Waals surface area (Å²) in [5.41, 5.74) is 6.81. The maximum atomic E-state index is 11.9. The fourth-order valence-corrected chi connectivity index (χ4v) is 1.19. The van der Waals surface area contributed by atoms with E-state index in [1.807, 2.05) is 6.92 Å². The Labute approximate surface area is 104 Å². The standard InChI is InChI=1S/C10H13F3N2O.ClH/c1-2-8-3-7(4-14)5-15-9(8)16-6-10(11,12)13;/h3,5H,2,4,6,14H2,1H3;1H. The topological polar surface area (TPSA) is 48.1 Å². The molecule has 0 spiro atoms. The van der Waals surface area contributed by atoms with Gasteiger partial charge in [0.25, 0.3) is 0 Å². The van der Waals surface area contributed by atoms with Crippen LogP contribution in [0.3, 0.4) is 0 Å². The summed E-state index contributed by atoms with van der Waals surface area (Å²) in [6, 6.07) is 1.71. The molecule has 0 saturated carbocycles. The van der Waals surface area contributed by atoms with Gasteiger partial charge in [0.1, 0.15) is 0 Å². The Morgan fingerprint density at radius 1 is 1.41 bits per heavy atom. The number of halogens is 4. The molecule has 0 aromatic carbocycles. The van der Waals surface area contributed by atoms with E-state index >= 15 is 0 Å². The number of alkyl halides is 3. The van der Waals surface area contributed by atoms with Gasteiger partial charge < -0.3 is 10.5 Å². The normalized spacial score (nSPS) is 10.9. The Balaban J connectivity index is 0.00000256. The van der Waals surface area contributed by atoms with Gasteiger partial charge in [-0.05, 0) is 18.1 Å². The molecule has 1 aromatic rings. The molecule has 0 bridgehead atoms. The van der Waals surface area contributed by atoms with Crippen molar-refractivity contribution in [3.63, 3.8) is 0 Å². The minimum Gasteiger partial charge on any atom is -0.468 e. The van der Waals surface area contributed by atoms with Gasteiger partial charge in [-0.2, -0.15) is 13.2 Å². The summed E-state index contributed by atoms with van der Waals surface area (Å²) in [5.74, 6) is 0.0250. The van der Waals surface area contributed by atoms with Crippen molar-refractivity contribution in [1.29, 1.82) is 0 Å². The molecule has 98 valence electrons. The minimum absolute atomic E-state index is 0. The number of aryl methyl sites for hydroxylation is 1. The second-order valence-electron chi connectivity index (χ2n) is 3.27. The van der Waals surface area contributed by atoms with E-state index in [9.17, 15) is 13.2 Å². The van der Waals surface area contributed by atoms with Crippen molar-refractivity contribution in [2.75, 3.05) is 6.61 Å². The molecule has 0 unspecified atom stereocenters. The van der Waals surface area contributed by atoms with Crippen LogP contribution in [0.2, 0.25) is 0 Å². The van der Waals surface area contributed by atoms with Crippen LogP contribution < -0.4 is 10.5 Å². The van der Waals surface area contributed by atoms with Crippen LogP contribution in [-0.2, 0) is 13.0 Å². The Morgan fingerprint density at radius 2 is 2.06 bits per heavy atom. The predicted molar refractivity (Wildman–Crippen MR) is 60.3 cm³/mol. The Morgan fingerprint density at radius 3 is 2.53 bits per heavy atom. The molecule has 3 nitrogen and oxygen atoms in total. The van der Waals surface area contributed by atoms with Gasteiger partial charge in [-0.15, -0.1) is 12.4 Å². The number of aromatic nitrogens is 1. The number of nitrogens with two attached hydrogens (primary N) is 1. The quantitative estimate of drug-likeness (QED) is 0.914. The third kappa shape index (κ3) is 5.23.